The van der Waals surface area contributed by atoms with E-state index < -0.39 is 6.10 Å². The summed E-state index contributed by atoms with van der Waals surface area (Å²) >= 11 is 11.6. The Morgan fingerprint density at radius 3 is 2.29 bits per heavy atom. The van der Waals surface area contributed by atoms with Crippen molar-refractivity contribution in [1.82, 2.24) is 0 Å². The summed E-state index contributed by atoms with van der Waals surface area (Å²) in [5.74, 6) is 0. The quantitative estimate of drug-likeness (QED) is 0.779. The van der Waals surface area contributed by atoms with Crippen LogP contribution in [0.1, 0.15) is 25.0 Å². The summed E-state index contributed by atoms with van der Waals surface area (Å²) in [6.07, 6.45) is -0.0554. The van der Waals surface area contributed by atoms with E-state index in [1.807, 2.05) is 6.92 Å². The van der Waals surface area contributed by atoms with E-state index in [-0.39, 0.29) is 0 Å². The van der Waals surface area contributed by atoms with E-state index in [0.717, 1.165) is 11.1 Å². The molecule has 0 aliphatic heterocycles. The van der Waals surface area contributed by atoms with Gasteiger partial charge in [0.15, 0.2) is 0 Å². The van der Waals surface area contributed by atoms with Gasteiger partial charge in [0, 0.05) is 10.0 Å². The van der Waals surface area contributed by atoms with E-state index in [0.29, 0.717) is 16.5 Å². The van der Waals surface area contributed by atoms with Crippen LogP contribution in [0.2, 0.25) is 10.0 Å². The Bertz CT molecular complexity index is 327. The number of benzene rings is 1. The summed E-state index contributed by atoms with van der Waals surface area (Å²) in [6, 6.07) is 5.06. The zero-order chi connectivity index (χ0) is 10.7. The molecule has 0 aromatic heterocycles. The monoisotopic (exact) mass is 230 g/mol. The maximum Gasteiger partial charge on any atom is 0.0827 e. The van der Waals surface area contributed by atoms with E-state index in [2.05, 4.69) is 6.58 Å². The Hall–Kier alpha value is -0.500. The third-order valence-corrected chi connectivity index (χ3v) is 2.25. The van der Waals surface area contributed by atoms with Gasteiger partial charge in [0.25, 0.3) is 0 Å². The second-order valence-corrected chi connectivity index (χ2v) is 4.25. The molecule has 0 spiro atoms. The minimum Gasteiger partial charge on any atom is -0.388 e. The van der Waals surface area contributed by atoms with Crippen LogP contribution in [0.3, 0.4) is 0 Å². The Morgan fingerprint density at radius 1 is 1.36 bits per heavy atom. The Balaban J connectivity index is 2.89. The molecule has 0 saturated carbocycles. The molecule has 0 fully saturated rings. The molecule has 1 N–H and O–H groups in total. The first-order valence-corrected chi connectivity index (χ1v) is 5.03. The molecule has 1 nitrogen and oxygen atoms in total. The number of hydrogen-bond acceptors (Lipinski definition) is 1. The molecule has 0 aliphatic rings. The van der Waals surface area contributed by atoms with Crippen molar-refractivity contribution in [2.75, 3.05) is 0 Å². The van der Waals surface area contributed by atoms with Crippen LogP contribution >= 0.6 is 23.2 Å². The normalized spacial score (nSPS) is 12.6. The molecule has 0 amide bonds. The second kappa shape index (κ2) is 4.83. The van der Waals surface area contributed by atoms with Crippen molar-refractivity contribution in [1.29, 1.82) is 0 Å². The third kappa shape index (κ3) is 3.33. The van der Waals surface area contributed by atoms with Gasteiger partial charge in [0.05, 0.1) is 6.10 Å². The highest BCUT2D eigenvalue weighted by Crippen LogP contribution is 2.26. The largest absolute Gasteiger partial charge is 0.388 e. The zero-order valence-electron chi connectivity index (χ0n) is 7.93. The lowest BCUT2D eigenvalue weighted by Crippen LogP contribution is -1.97. The lowest BCUT2D eigenvalue weighted by Gasteiger charge is -2.11. The third-order valence-electron chi connectivity index (χ3n) is 1.81. The van der Waals surface area contributed by atoms with Gasteiger partial charge in [-0.15, -0.1) is 6.58 Å². The van der Waals surface area contributed by atoms with E-state index in [1.165, 1.54) is 0 Å². The first-order valence-electron chi connectivity index (χ1n) is 4.27. The number of hydrogen-bond donors (Lipinski definition) is 1. The average Bonchev–Trinajstić information content (AvgIpc) is 2.00. The van der Waals surface area contributed by atoms with E-state index in [1.54, 1.807) is 18.2 Å². The van der Waals surface area contributed by atoms with Crippen LogP contribution in [-0.4, -0.2) is 5.11 Å². The van der Waals surface area contributed by atoms with Crippen LogP contribution in [0.25, 0.3) is 0 Å². The van der Waals surface area contributed by atoms with Gasteiger partial charge in [0.2, 0.25) is 0 Å². The molecule has 76 valence electrons. The standard InChI is InChI=1S/C11H12Cl2O/c1-7(2)3-11(14)8-4-9(12)6-10(13)5-8/h4-6,11,14H,1,3H2,2H3. The van der Waals surface area contributed by atoms with Crippen molar-refractivity contribution in [3.8, 4) is 0 Å². The summed E-state index contributed by atoms with van der Waals surface area (Å²) in [5, 5.41) is 10.8. The minimum atomic E-state index is -0.580. The minimum absolute atomic E-state index is 0.524. The van der Waals surface area contributed by atoms with Gasteiger partial charge in [0.1, 0.15) is 0 Å². The maximum atomic E-state index is 9.76. The lowest BCUT2D eigenvalue weighted by atomic mass is 10.0. The summed E-state index contributed by atoms with van der Waals surface area (Å²) in [6.45, 7) is 5.61. The van der Waals surface area contributed by atoms with Gasteiger partial charge in [-0.2, -0.15) is 0 Å². The molecule has 1 rings (SSSR count). The number of aliphatic hydroxyl groups is 1. The van der Waals surface area contributed by atoms with Crippen LogP contribution in [0.5, 0.6) is 0 Å². The van der Waals surface area contributed by atoms with Gasteiger partial charge in [-0.1, -0.05) is 28.8 Å². The highest BCUT2D eigenvalue weighted by atomic mass is 35.5. The highest BCUT2D eigenvalue weighted by Gasteiger charge is 2.09. The van der Waals surface area contributed by atoms with Crippen molar-refractivity contribution in [3.63, 3.8) is 0 Å². The summed E-state index contributed by atoms with van der Waals surface area (Å²) in [7, 11) is 0. The van der Waals surface area contributed by atoms with Crippen LogP contribution < -0.4 is 0 Å². The molecule has 1 aromatic rings. The Kier molecular flexibility index (Phi) is 3.99. The van der Waals surface area contributed by atoms with Crippen molar-refractivity contribution in [2.24, 2.45) is 0 Å². The molecule has 0 heterocycles. The van der Waals surface area contributed by atoms with Gasteiger partial charge in [-0.25, -0.2) is 0 Å². The van der Waals surface area contributed by atoms with Crippen LogP contribution in [0, 0.1) is 0 Å². The summed E-state index contributed by atoms with van der Waals surface area (Å²) in [4.78, 5) is 0. The smallest absolute Gasteiger partial charge is 0.0827 e. The zero-order valence-corrected chi connectivity index (χ0v) is 9.44. The van der Waals surface area contributed by atoms with Crippen LogP contribution in [0.15, 0.2) is 30.4 Å². The van der Waals surface area contributed by atoms with Crippen molar-refractivity contribution < 1.29 is 5.11 Å². The number of aliphatic hydroxyl groups excluding tert-OH is 1. The lowest BCUT2D eigenvalue weighted by molar-refractivity contribution is 0.178. The van der Waals surface area contributed by atoms with E-state index in [4.69, 9.17) is 23.2 Å². The van der Waals surface area contributed by atoms with Crippen molar-refractivity contribution in [2.45, 2.75) is 19.4 Å². The molecule has 0 aliphatic carbocycles. The van der Waals surface area contributed by atoms with Gasteiger partial charge in [-0.3, -0.25) is 0 Å². The Labute approximate surface area is 94.0 Å². The second-order valence-electron chi connectivity index (χ2n) is 3.38. The first kappa shape index (κ1) is 11.6. The molecule has 14 heavy (non-hydrogen) atoms. The average molecular weight is 231 g/mol. The predicted octanol–water partition coefficient (Wildman–Crippen LogP) is 3.99. The molecular formula is C11H12Cl2O. The predicted molar refractivity (Wildman–Crippen MR) is 60.9 cm³/mol. The fourth-order valence-electron chi connectivity index (χ4n) is 1.22. The molecule has 1 atom stereocenters. The van der Waals surface area contributed by atoms with Crippen LogP contribution in [0.4, 0.5) is 0 Å². The molecule has 0 saturated heterocycles. The van der Waals surface area contributed by atoms with Gasteiger partial charge < -0.3 is 5.11 Å². The molecular weight excluding hydrogens is 219 g/mol. The Morgan fingerprint density at radius 2 is 1.86 bits per heavy atom. The van der Waals surface area contributed by atoms with Gasteiger partial charge in [-0.05, 0) is 37.1 Å². The SMILES string of the molecule is C=C(C)CC(O)c1cc(Cl)cc(Cl)c1. The highest BCUT2D eigenvalue weighted by molar-refractivity contribution is 6.34. The summed E-state index contributed by atoms with van der Waals surface area (Å²) in [5.41, 5.74) is 1.65. The fraction of sp³-hybridized carbons (Fsp3) is 0.273. The molecule has 0 radical (unpaired) electrons. The molecule has 3 heteroatoms. The number of rotatable bonds is 3. The fourth-order valence-corrected chi connectivity index (χ4v) is 1.76. The maximum absolute atomic E-state index is 9.76. The number of halogens is 2. The molecule has 1 aromatic carbocycles. The van der Waals surface area contributed by atoms with Crippen molar-refractivity contribution >= 4 is 23.2 Å². The summed E-state index contributed by atoms with van der Waals surface area (Å²) < 4.78 is 0. The first-order chi connectivity index (χ1) is 6.49. The molecule has 0 bridgehead atoms. The molecule has 1 unspecified atom stereocenters. The van der Waals surface area contributed by atoms with E-state index in [9.17, 15) is 5.11 Å². The topological polar surface area (TPSA) is 20.2 Å². The van der Waals surface area contributed by atoms with Crippen LogP contribution in [-0.2, 0) is 0 Å². The van der Waals surface area contributed by atoms with Crippen molar-refractivity contribution in [3.05, 3.63) is 46.0 Å². The van der Waals surface area contributed by atoms with E-state index >= 15 is 0 Å². The van der Waals surface area contributed by atoms with Gasteiger partial charge >= 0.3 is 0 Å².